The molecule has 104 valence electrons. The lowest BCUT2D eigenvalue weighted by atomic mass is 10.1. The molecule has 0 radical (unpaired) electrons. The van der Waals surface area contributed by atoms with E-state index in [9.17, 15) is 4.79 Å². The molecule has 2 N–H and O–H groups in total. The molecular weight excluding hydrogens is 254 g/mol. The summed E-state index contributed by atoms with van der Waals surface area (Å²) in [5.41, 5.74) is 1.58. The molecule has 0 spiro atoms. The van der Waals surface area contributed by atoms with Crippen LogP contribution in [-0.2, 0) is 4.74 Å². The van der Waals surface area contributed by atoms with Crippen molar-refractivity contribution in [1.29, 1.82) is 0 Å². The lowest BCUT2D eigenvalue weighted by Crippen LogP contribution is -2.17. The van der Waals surface area contributed by atoms with Gasteiger partial charge in [-0.1, -0.05) is 31.0 Å². The topological polar surface area (TPSA) is 62.3 Å². The Morgan fingerprint density at radius 1 is 1.45 bits per heavy atom. The van der Waals surface area contributed by atoms with Crippen LogP contribution < -0.4 is 0 Å². The first-order valence-corrected chi connectivity index (χ1v) is 6.59. The van der Waals surface area contributed by atoms with Crippen molar-refractivity contribution in [2.45, 2.75) is 25.9 Å². The van der Waals surface area contributed by atoms with Gasteiger partial charge in [0.1, 0.15) is 12.7 Å². The summed E-state index contributed by atoms with van der Waals surface area (Å²) in [6.45, 7) is 1.98. The predicted molar refractivity (Wildman–Crippen MR) is 77.0 cm³/mol. The van der Waals surface area contributed by atoms with Crippen molar-refractivity contribution < 1.29 is 14.6 Å². The number of ketones is 1. The summed E-state index contributed by atoms with van der Waals surface area (Å²) < 4.78 is 5.55. The summed E-state index contributed by atoms with van der Waals surface area (Å²) in [5, 5.41) is 9.38. The molecule has 2 aromatic rings. The van der Waals surface area contributed by atoms with Gasteiger partial charge in [0.05, 0.1) is 6.10 Å². The zero-order valence-electron chi connectivity index (χ0n) is 11.3. The van der Waals surface area contributed by atoms with E-state index in [0.717, 1.165) is 17.3 Å². The zero-order chi connectivity index (χ0) is 14.4. The third kappa shape index (κ3) is 3.19. The molecule has 0 bridgehead atoms. The monoisotopic (exact) mass is 271 g/mol. The minimum Gasteiger partial charge on any atom is -0.462 e. The van der Waals surface area contributed by atoms with Gasteiger partial charge in [0.2, 0.25) is 0 Å². The maximum atomic E-state index is 12.2. The maximum Gasteiger partial charge on any atom is 0.190 e. The number of carbonyl (C=O) groups is 1. The van der Waals surface area contributed by atoms with E-state index in [1.165, 1.54) is 0 Å². The van der Waals surface area contributed by atoms with Gasteiger partial charge in [0.15, 0.2) is 5.78 Å². The lowest BCUT2D eigenvalue weighted by Gasteiger charge is -2.12. The Labute approximate surface area is 117 Å². The Kier molecular flexibility index (Phi) is 4.80. The first kappa shape index (κ1) is 14.2. The average molecular weight is 271 g/mol. The van der Waals surface area contributed by atoms with Crippen LogP contribution in [0.3, 0.4) is 0 Å². The lowest BCUT2D eigenvalue weighted by molar-refractivity contribution is 0.0459. The van der Waals surface area contributed by atoms with E-state index in [4.69, 9.17) is 9.84 Å². The molecule has 0 aliphatic rings. The fourth-order valence-electron chi connectivity index (χ4n) is 2.05. The smallest absolute Gasteiger partial charge is 0.190 e. The predicted octanol–water partition coefficient (Wildman–Crippen LogP) is 2.87. The molecule has 1 aromatic carbocycles. The number of hydrogen-bond acceptors (Lipinski definition) is 3. The molecule has 0 aliphatic heterocycles. The Hall–Kier alpha value is -2.25. The highest BCUT2D eigenvalue weighted by atomic mass is 16.5. The largest absolute Gasteiger partial charge is 0.462 e. The van der Waals surface area contributed by atoms with Crippen LogP contribution in [0.4, 0.5) is 0 Å². The van der Waals surface area contributed by atoms with Gasteiger partial charge in [-0.3, -0.25) is 4.79 Å². The highest BCUT2D eigenvalue weighted by molar-refractivity contribution is 6.08. The zero-order valence-corrected chi connectivity index (χ0v) is 11.3. The van der Waals surface area contributed by atoms with Gasteiger partial charge in [-0.2, -0.15) is 0 Å². The van der Waals surface area contributed by atoms with Gasteiger partial charge >= 0.3 is 0 Å². The number of nitrogens with one attached hydrogen (secondary N) is 1. The number of benzene rings is 1. The van der Waals surface area contributed by atoms with Crippen molar-refractivity contribution in [3.8, 4) is 12.0 Å². The van der Waals surface area contributed by atoms with E-state index in [1.807, 2.05) is 37.3 Å². The molecule has 1 aromatic heterocycles. The fraction of sp³-hybridized carbons (Fsp3) is 0.312. The number of hydrogen-bond donors (Lipinski definition) is 2. The summed E-state index contributed by atoms with van der Waals surface area (Å²) in [4.78, 5) is 15.3. The number of carbonyl (C=O) groups excluding carboxylic acids is 1. The first-order chi connectivity index (χ1) is 9.76. The van der Waals surface area contributed by atoms with Crippen LogP contribution in [0.2, 0.25) is 0 Å². The molecule has 0 amide bonds. The van der Waals surface area contributed by atoms with E-state index in [-0.39, 0.29) is 18.5 Å². The van der Waals surface area contributed by atoms with E-state index in [2.05, 4.69) is 10.9 Å². The van der Waals surface area contributed by atoms with Crippen molar-refractivity contribution in [2.24, 2.45) is 0 Å². The van der Waals surface area contributed by atoms with Crippen LogP contribution in [0.25, 0.3) is 10.9 Å². The second-order valence-corrected chi connectivity index (χ2v) is 4.51. The van der Waals surface area contributed by atoms with Crippen LogP contribution in [0.5, 0.6) is 0 Å². The van der Waals surface area contributed by atoms with Crippen molar-refractivity contribution in [3.63, 3.8) is 0 Å². The van der Waals surface area contributed by atoms with Crippen LogP contribution >= 0.6 is 0 Å². The van der Waals surface area contributed by atoms with Crippen molar-refractivity contribution >= 4 is 16.7 Å². The van der Waals surface area contributed by atoms with Crippen molar-refractivity contribution in [2.75, 3.05) is 6.61 Å². The summed E-state index contributed by atoms with van der Waals surface area (Å²) in [5.74, 6) is 2.49. The summed E-state index contributed by atoms with van der Waals surface area (Å²) in [7, 11) is 0. The van der Waals surface area contributed by atoms with E-state index < -0.39 is 0 Å². The molecule has 4 heteroatoms. The van der Waals surface area contributed by atoms with Crippen LogP contribution in [-0.4, -0.2) is 28.6 Å². The molecule has 0 fully saturated rings. The maximum absolute atomic E-state index is 12.2. The van der Waals surface area contributed by atoms with Gasteiger partial charge in [-0.25, -0.2) is 0 Å². The molecule has 4 nitrogen and oxygen atoms in total. The van der Waals surface area contributed by atoms with Gasteiger partial charge in [0, 0.05) is 29.1 Å². The fourth-order valence-corrected chi connectivity index (χ4v) is 2.05. The highest BCUT2D eigenvalue weighted by Gasteiger charge is 2.14. The molecule has 2 rings (SSSR count). The second-order valence-electron chi connectivity index (χ2n) is 4.51. The molecule has 0 saturated carbocycles. The summed E-state index contributed by atoms with van der Waals surface area (Å²) >= 11 is 0. The van der Waals surface area contributed by atoms with Gasteiger partial charge in [-0.15, -0.1) is 0 Å². The Bertz CT molecular complexity index is 648. The second kappa shape index (κ2) is 6.78. The normalized spacial score (nSPS) is 11.8. The van der Waals surface area contributed by atoms with Crippen LogP contribution in [0.1, 0.15) is 30.1 Å². The van der Waals surface area contributed by atoms with Gasteiger partial charge in [-0.05, 0) is 12.5 Å². The highest BCUT2D eigenvalue weighted by Crippen LogP contribution is 2.18. The Balaban J connectivity index is 2.02. The van der Waals surface area contributed by atoms with Crippen molar-refractivity contribution in [1.82, 2.24) is 4.98 Å². The van der Waals surface area contributed by atoms with E-state index in [1.54, 1.807) is 6.20 Å². The number of Topliss-reactive ketones (excluding diaryl/α,β-unsaturated/α-hetero) is 1. The van der Waals surface area contributed by atoms with Crippen molar-refractivity contribution in [3.05, 3.63) is 36.0 Å². The van der Waals surface area contributed by atoms with Crippen LogP contribution in [0.15, 0.2) is 30.5 Å². The molecular formula is C16H17NO3. The third-order valence-corrected chi connectivity index (χ3v) is 3.20. The number of H-pyrrole nitrogens is 1. The Morgan fingerprint density at radius 3 is 3.00 bits per heavy atom. The number of fused-ring (bicyclic) bond motifs is 1. The first-order valence-electron chi connectivity index (χ1n) is 6.59. The number of aliphatic hydroxyl groups is 1. The molecule has 20 heavy (non-hydrogen) atoms. The number of aromatic nitrogens is 1. The standard InChI is InChI=1S/C16H17NO3/c1-2-12(6-5-9-18)20-11-16(19)14-10-17-15-8-4-3-7-13(14)15/h3-4,7-8,10,12,17-18H,2,6,11H2,1H3. The minimum atomic E-state index is -0.135. The molecule has 1 unspecified atom stereocenters. The van der Waals surface area contributed by atoms with Crippen LogP contribution in [0, 0.1) is 12.0 Å². The minimum absolute atomic E-state index is 0.0213. The summed E-state index contributed by atoms with van der Waals surface area (Å²) in [6, 6.07) is 7.66. The van der Waals surface area contributed by atoms with E-state index >= 15 is 0 Å². The SMILES string of the molecule is CCC(CC#CO)OCC(=O)c1c[nH]c2ccccc12. The summed E-state index contributed by atoms with van der Waals surface area (Å²) in [6.07, 6.45) is 4.60. The molecule has 1 atom stereocenters. The number of para-hydroxylation sites is 1. The molecule has 0 saturated heterocycles. The third-order valence-electron chi connectivity index (χ3n) is 3.20. The van der Waals surface area contributed by atoms with E-state index in [0.29, 0.717) is 12.0 Å². The molecule has 0 aliphatic carbocycles. The number of aliphatic hydroxyl groups excluding tert-OH is 1. The van der Waals surface area contributed by atoms with Gasteiger partial charge in [0.25, 0.3) is 0 Å². The van der Waals surface area contributed by atoms with Gasteiger partial charge < -0.3 is 14.8 Å². The number of rotatable bonds is 6. The Morgan fingerprint density at radius 2 is 2.25 bits per heavy atom. The number of ether oxygens (including phenoxy) is 1. The quantitative estimate of drug-likeness (QED) is 0.627. The molecule has 1 heterocycles. The average Bonchev–Trinajstić information content (AvgIpc) is 2.91. The number of aromatic amines is 1.